The Morgan fingerprint density at radius 3 is 2.57 bits per heavy atom. The Balaban J connectivity index is 2.02. The number of benzene rings is 2. The van der Waals surface area contributed by atoms with Gasteiger partial charge in [-0.3, -0.25) is 0 Å². The summed E-state index contributed by atoms with van der Waals surface area (Å²) in [5, 5.41) is 0. The maximum atomic E-state index is 6.12. The molecule has 3 aromatic rings. The number of nitrogens with two attached hydrogens (primary N) is 1. The van der Waals surface area contributed by atoms with E-state index in [0.717, 1.165) is 24.9 Å². The van der Waals surface area contributed by atoms with Crippen LogP contribution in [0.15, 0.2) is 38.7 Å². The summed E-state index contributed by atoms with van der Waals surface area (Å²) in [6.07, 6.45) is 0. The molecule has 1 aromatic heterocycles. The lowest BCUT2D eigenvalue weighted by atomic mass is 10.2. The Morgan fingerprint density at radius 1 is 1.10 bits per heavy atom. The van der Waals surface area contributed by atoms with Gasteiger partial charge in [0, 0.05) is 0 Å². The first-order valence-corrected chi connectivity index (χ1v) is 8.39. The second-order valence-electron chi connectivity index (χ2n) is 4.20. The highest BCUT2D eigenvalue weighted by Gasteiger charge is 2.13. The molecule has 0 bridgehead atoms. The van der Waals surface area contributed by atoms with Crippen LogP contribution in [0.1, 0.15) is 0 Å². The van der Waals surface area contributed by atoms with Crippen molar-refractivity contribution in [2.75, 3.05) is 12.8 Å². The summed E-state index contributed by atoms with van der Waals surface area (Å²) in [5.41, 5.74) is 9.19. The summed E-state index contributed by atoms with van der Waals surface area (Å²) < 4.78 is 13.8. The smallest absolute Gasteiger partial charge is 0.152 e. The molecule has 0 aliphatic carbocycles. The predicted octanol–water partition coefficient (Wildman–Crippen LogP) is 5.20. The molecule has 4 nitrogen and oxygen atoms in total. The number of anilines is 1. The number of hydrogen-bond acceptors (Lipinski definition) is 5. The number of fused-ring (bicyclic) bond motifs is 1. The summed E-state index contributed by atoms with van der Waals surface area (Å²) in [6.45, 7) is 0. The summed E-state index contributed by atoms with van der Waals surface area (Å²) in [4.78, 5) is 4.26. The van der Waals surface area contributed by atoms with Crippen LogP contribution in [0.25, 0.3) is 10.2 Å². The molecule has 0 spiro atoms. The number of nitrogen functional groups attached to an aromatic ring is 1. The topological polar surface area (TPSA) is 57.4 Å². The minimum Gasteiger partial charge on any atom is -0.496 e. The van der Waals surface area contributed by atoms with Crippen molar-refractivity contribution in [2.45, 2.75) is 0 Å². The van der Waals surface area contributed by atoms with E-state index in [2.05, 4.69) is 36.8 Å². The normalized spacial score (nSPS) is 10.8. The van der Waals surface area contributed by atoms with Crippen LogP contribution in [0.2, 0.25) is 0 Å². The van der Waals surface area contributed by atoms with E-state index in [9.17, 15) is 0 Å². The fourth-order valence-electron chi connectivity index (χ4n) is 1.89. The van der Waals surface area contributed by atoms with Crippen LogP contribution in [0.4, 0.5) is 5.69 Å². The second kappa shape index (κ2) is 5.82. The van der Waals surface area contributed by atoms with E-state index < -0.39 is 0 Å². The van der Waals surface area contributed by atoms with E-state index in [-0.39, 0.29) is 0 Å². The minimum absolute atomic E-state index is 0.535. The number of methoxy groups -OCH3 is 1. The van der Waals surface area contributed by atoms with Crippen LogP contribution in [0.3, 0.4) is 0 Å². The van der Waals surface area contributed by atoms with E-state index in [4.69, 9.17) is 15.2 Å². The molecule has 0 unspecified atom stereocenters. The molecule has 2 N–H and O–H groups in total. The average molecular weight is 430 g/mol. The van der Waals surface area contributed by atoms with Gasteiger partial charge in [-0.2, -0.15) is 0 Å². The lowest BCUT2D eigenvalue weighted by Gasteiger charge is -2.12. The lowest BCUT2D eigenvalue weighted by Crippen LogP contribution is -1.94. The number of hydrogen-bond donors (Lipinski definition) is 1. The fourth-order valence-corrected chi connectivity index (χ4v) is 3.47. The van der Waals surface area contributed by atoms with Crippen molar-refractivity contribution >= 4 is 59.1 Å². The van der Waals surface area contributed by atoms with E-state index in [0.29, 0.717) is 17.2 Å². The van der Waals surface area contributed by atoms with Crippen molar-refractivity contribution < 1.29 is 9.47 Å². The largest absolute Gasteiger partial charge is 0.496 e. The van der Waals surface area contributed by atoms with Crippen molar-refractivity contribution in [1.82, 2.24) is 4.98 Å². The van der Waals surface area contributed by atoms with Crippen LogP contribution >= 0.6 is 43.2 Å². The Hall–Kier alpha value is -1.31. The van der Waals surface area contributed by atoms with Crippen LogP contribution in [-0.2, 0) is 0 Å². The number of aromatic nitrogens is 1. The number of nitrogens with zero attached hydrogens (tertiary/aromatic N) is 1. The van der Waals surface area contributed by atoms with Crippen molar-refractivity contribution in [1.29, 1.82) is 0 Å². The van der Waals surface area contributed by atoms with Gasteiger partial charge in [0.1, 0.15) is 22.7 Å². The highest BCUT2D eigenvalue weighted by Crippen LogP contribution is 2.40. The molecule has 0 saturated heterocycles. The molecule has 0 radical (unpaired) electrons. The summed E-state index contributed by atoms with van der Waals surface area (Å²) in [5.74, 6) is 1.94. The molecule has 0 saturated carbocycles. The molecule has 3 rings (SSSR count). The summed E-state index contributed by atoms with van der Waals surface area (Å²) >= 11 is 8.45. The van der Waals surface area contributed by atoms with Crippen LogP contribution in [-0.4, -0.2) is 12.1 Å². The van der Waals surface area contributed by atoms with Gasteiger partial charge in [0.05, 0.1) is 26.3 Å². The molecule has 2 aromatic carbocycles. The van der Waals surface area contributed by atoms with Gasteiger partial charge < -0.3 is 15.2 Å². The van der Waals surface area contributed by atoms with Gasteiger partial charge in [0.2, 0.25) is 0 Å². The zero-order valence-electron chi connectivity index (χ0n) is 10.9. The van der Waals surface area contributed by atoms with Gasteiger partial charge in [0.15, 0.2) is 5.75 Å². The predicted molar refractivity (Wildman–Crippen MR) is 92.5 cm³/mol. The van der Waals surface area contributed by atoms with Gasteiger partial charge in [-0.1, -0.05) is 0 Å². The molecule has 0 aliphatic rings. The second-order valence-corrected chi connectivity index (χ2v) is 6.79. The molecule has 108 valence electrons. The maximum Gasteiger partial charge on any atom is 0.152 e. The molecule has 1 heterocycles. The van der Waals surface area contributed by atoms with Crippen molar-refractivity contribution in [3.05, 3.63) is 38.7 Å². The van der Waals surface area contributed by atoms with Crippen molar-refractivity contribution in [2.24, 2.45) is 0 Å². The van der Waals surface area contributed by atoms with E-state index in [1.807, 2.05) is 24.3 Å². The van der Waals surface area contributed by atoms with Crippen LogP contribution in [0.5, 0.6) is 17.2 Å². The molecule has 21 heavy (non-hydrogen) atoms. The number of thiazole rings is 1. The minimum atomic E-state index is 0.535. The quantitative estimate of drug-likeness (QED) is 0.581. The molecule has 7 heteroatoms. The van der Waals surface area contributed by atoms with Crippen molar-refractivity contribution in [3.8, 4) is 17.2 Å². The van der Waals surface area contributed by atoms with Gasteiger partial charge in [-0.15, -0.1) is 11.3 Å². The van der Waals surface area contributed by atoms with E-state index in [1.54, 1.807) is 24.0 Å². The van der Waals surface area contributed by atoms with E-state index in [1.165, 1.54) is 0 Å². The zero-order valence-corrected chi connectivity index (χ0v) is 14.9. The maximum absolute atomic E-state index is 6.12. The molecular weight excluding hydrogens is 420 g/mol. The van der Waals surface area contributed by atoms with Gasteiger partial charge in [-0.05, 0) is 56.1 Å². The Morgan fingerprint density at radius 2 is 1.81 bits per heavy atom. The SMILES string of the molecule is COc1cc(Br)c(Oc2ccc3scnc3c2N)cc1Br. The lowest BCUT2D eigenvalue weighted by molar-refractivity contribution is 0.409. The average Bonchev–Trinajstić information content (AvgIpc) is 2.94. The third kappa shape index (κ3) is 2.73. The highest BCUT2D eigenvalue weighted by molar-refractivity contribution is 9.11. The molecule has 0 aliphatic heterocycles. The summed E-state index contributed by atoms with van der Waals surface area (Å²) in [7, 11) is 1.61. The first-order chi connectivity index (χ1) is 10.1. The van der Waals surface area contributed by atoms with Gasteiger partial charge >= 0.3 is 0 Å². The molecule has 0 atom stereocenters. The molecule has 0 fully saturated rings. The number of rotatable bonds is 3. The monoisotopic (exact) mass is 428 g/mol. The van der Waals surface area contributed by atoms with Gasteiger partial charge in [-0.25, -0.2) is 4.98 Å². The van der Waals surface area contributed by atoms with Crippen LogP contribution < -0.4 is 15.2 Å². The van der Waals surface area contributed by atoms with Crippen molar-refractivity contribution in [3.63, 3.8) is 0 Å². The Labute approximate surface area is 142 Å². The fraction of sp³-hybridized carbons (Fsp3) is 0.0714. The standard InChI is InChI=1S/C14H10Br2N2O2S/c1-19-10-4-8(16)11(5-7(10)15)20-9-2-3-12-14(13(9)17)18-6-21-12/h2-6H,17H2,1H3. The highest BCUT2D eigenvalue weighted by atomic mass is 79.9. The third-order valence-electron chi connectivity index (χ3n) is 2.93. The third-order valence-corrected chi connectivity index (χ3v) is 4.96. The molecule has 0 amide bonds. The Bertz CT molecular complexity index is 820. The first-order valence-electron chi connectivity index (χ1n) is 5.92. The Kier molecular flexibility index (Phi) is 4.05. The van der Waals surface area contributed by atoms with Gasteiger partial charge in [0.25, 0.3) is 0 Å². The number of halogens is 2. The first kappa shape index (κ1) is 14.6. The number of ether oxygens (including phenoxy) is 2. The summed E-state index contributed by atoms with van der Waals surface area (Å²) in [6, 6.07) is 7.45. The van der Waals surface area contributed by atoms with Crippen LogP contribution in [0, 0.1) is 0 Å². The van der Waals surface area contributed by atoms with E-state index >= 15 is 0 Å². The molecular formula is C14H10Br2N2O2S. The zero-order chi connectivity index (χ0) is 15.0.